The van der Waals surface area contributed by atoms with E-state index in [-0.39, 0.29) is 11.8 Å². The van der Waals surface area contributed by atoms with Crippen molar-refractivity contribution in [2.24, 2.45) is 0 Å². The molecule has 3 rings (SSSR count). The Labute approximate surface area is 153 Å². The highest BCUT2D eigenvalue weighted by atomic mass is 16.4. The van der Waals surface area contributed by atoms with Gasteiger partial charge in [0.25, 0.3) is 0 Å². The molecule has 0 aliphatic carbocycles. The summed E-state index contributed by atoms with van der Waals surface area (Å²) in [5.41, 5.74) is 2.12. The van der Waals surface area contributed by atoms with E-state index in [1.54, 1.807) is 6.92 Å². The quantitative estimate of drug-likeness (QED) is 0.648. The van der Waals surface area contributed by atoms with Crippen LogP contribution in [0.1, 0.15) is 42.2 Å². The molecule has 5 heteroatoms. The van der Waals surface area contributed by atoms with Crippen LogP contribution in [0.4, 0.5) is 0 Å². The number of amides is 1. The second-order valence-corrected chi connectivity index (χ2v) is 6.22. The predicted molar refractivity (Wildman–Crippen MR) is 99.5 cm³/mol. The Hall–Kier alpha value is -2.95. The van der Waals surface area contributed by atoms with Crippen molar-refractivity contribution >= 4 is 5.91 Å². The van der Waals surface area contributed by atoms with Gasteiger partial charge in [-0.3, -0.25) is 4.79 Å². The molecule has 0 saturated carbocycles. The van der Waals surface area contributed by atoms with Gasteiger partial charge in [0.05, 0.1) is 5.92 Å². The molecule has 1 amide bonds. The maximum atomic E-state index is 13.0. The molecule has 0 N–H and O–H groups in total. The molecule has 0 bridgehead atoms. The monoisotopic (exact) mass is 349 g/mol. The summed E-state index contributed by atoms with van der Waals surface area (Å²) in [7, 11) is 0. The summed E-state index contributed by atoms with van der Waals surface area (Å²) in [6.07, 6.45) is 0.298. The zero-order chi connectivity index (χ0) is 18.4. The van der Waals surface area contributed by atoms with E-state index < -0.39 is 0 Å². The van der Waals surface area contributed by atoms with E-state index in [9.17, 15) is 4.79 Å². The molecule has 3 aromatic rings. The Kier molecular flexibility index (Phi) is 5.79. The number of benzene rings is 2. The summed E-state index contributed by atoms with van der Waals surface area (Å²) in [5.74, 6) is 0.818. The van der Waals surface area contributed by atoms with E-state index in [1.807, 2.05) is 72.5 Å². The molecule has 26 heavy (non-hydrogen) atoms. The van der Waals surface area contributed by atoms with Crippen LogP contribution in [0.3, 0.4) is 0 Å². The van der Waals surface area contributed by atoms with Crippen LogP contribution in [0.25, 0.3) is 0 Å². The van der Waals surface area contributed by atoms with E-state index >= 15 is 0 Å². The van der Waals surface area contributed by atoms with Crippen LogP contribution in [0.2, 0.25) is 0 Å². The highest BCUT2D eigenvalue weighted by Gasteiger charge is 2.25. The normalized spacial score (nSPS) is 11.9. The number of aromatic nitrogens is 2. The predicted octanol–water partition coefficient (Wildman–Crippen LogP) is 3.95. The van der Waals surface area contributed by atoms with E-state index in [4.69, 9.17) is 4.42 Å². The smallest absolute Gasteiger partial charge is 0.224 e. The first-order chi connectivity index (χ1) is 12.7. The van der Waals surface area contributed by atoms with Crippen molar-refractivity contribution in [3.8, 4) is 0 Å². The molecule has 0 radical (unpaired) electrons. The van der Waals surface area contributed by atoms with E-state index in [0.717, 1.165) is 11.1 Å². The molecular formula is C21H23N3O2. The number of carbonyl (C=O) groups excluding carboxylic acids is 1. The Bertz CT molecular complexity index is 831. The second kappa shape index (κ2) is 8.43. The van der Waals surface area contributed by atoms with Crippen LogP contribution in [0.5, 0.6) is 0 Å². The van der Waals surface area contributed by atoms with Gasteiger partial charge in [-0.15, -0.1) is 10.2 Å². The van der Waals surface area contributed by atoms with Crippen molar-refractivity contribution in [3.63, 3.8) is 0 Å². The topological polar surface area (TPSA) is 59.2 Å². The maximum Gasteiger partial charge on any atom is 0.224 e. The molecule has 1 aromatic heterocycles. The maximum absolute atomic E-state index is 13.0. The number of carbonyl (C=O) groups is 1. The second-order valence-electron chi connectivity index (χ2n) is 6.22. The Morgan fingerprint density at radius 3 is 2.27 bits per heavy atom. The van der Waals surface area contributed by atoms with Gasteiger partial charge in [0.2, 0.25) is 17.7 Å². The lowest BCUT2D eigenvalue weighted by molar-refractivity contribution is -0.132. The number of aryl methyl sites for hydroxylation is 1. The van der Waals surface area contributed by atoms with E-state index in [2.05, 4.69) is 10.2 Å². The van der Waals surface area contributed by atoms with Gasteiger partial charge in [-0.25, -0.2) is 0 Å². The Balaban J connectivity index is 1.80. The number of hydrogen-bond donors (Lipinski definition) is 0. The number of rotatable bonds is 7. The van der Waals surface area contributed by atoms with Crippen LogP contribution in [-0.4, -0.2) is 27.5 Å². The minimum atomic E-state index is -0.241. The van der Waals surface area contributed by atoms with Crippen LogP contribution in [-0.2, 0) is 11.3 Å². The van der Waals surface area contributed by atoms with Crippen molar-refractivity contribution in [1.82, 2.24) is 15.1 Å². The van der Waals surface area contributed by atoms with Crippen molar-refractivity contribution in [2.75, 3.05) is 6.54 Å². The van der Waals surface area contributed by atoms with Gasteiger partial charge in [-0.2, -0.15) is 0 Å². The van der Waals surface area contributed by atoms with Crippen molar-refractivity contribution in [1.29, 1.82) is 0 Å². The fraction of sp³-hybridized carbons (Fsp3) is 0.286. The van der Waals surface area contributed by atoms with Gasteiger partial charge in [0, 0.05) is 26.4 Å². The van der Waals surface area contributed by atoms with Gasteiger partial charge in [0.15, 0.2) is 0 Å². The molecule has 0 saturated heterocycles. The Morgan fingerprint density at radius 1 is 1.04 bits per heavy atom. The molecule has 1 unspecified atom stereocenters. The van der Waals surface area contributed by atoms with Crippen molar-refractivity contribution in [3.05, 3.63) is 83.6 Å². The molecule has 1 heterocycles. The highest BCUT2D eigenvalue weighted by molar-refractivity contribution is 5.77. The van der Waals surface area contributed by atoms with Crippen LogP contribution >= 0.6 is 0 Å². The fourth-order valence-corrected chi connectivity index (χ4v) is 2.97. The summed E-state index contributed by atoms with van der Waals surface area (Å²) in [6.45, 7) is 5.00. The molecule has 2 aromatic carbocycles. The van der Waals surface area contributed by atoms with Gasteiger partial charge < -0.3 is 9.32 Å². The fourth-order valence-electron chi connectivity index (χ4n) is 2.97. The highest BCUT2D eigenvalue weighted by Crippen LogP contribution is 2.28. The van der Waals surface area contributed by atoms with Crippen LogP contribution < -0.4 is 0 Å². The average Bonchev–Trinajstić information content (AvgIpc) is 3.11. The molecule has 0 aliphatic rings. The summed E-state index contributed by atoms with van der Waals surface area (Å²) < 4.78 is 5.64. The lowest BCUT2D eigenvalue weighted by Crippen LogP contribution is -2.31. The summed E-state index contributed by atoms with van der Waals surface area (Å²) in [6, 6.07) is 19.9. The number of nitrogens with zero attached hydrogens (tertiary/aromatic N) is 3. The van der Waals surface area contributed by atoms with Crippen LogP contribution in [0.15, 0.2) is 65.1 Å². The third kappa shape index (κ3) is 4.36. The van der Waals surface area contributed by atoms with Crippen LogP contribution in [0, 0.1) is 6.92 Å². The van der Waals surface area contributed by atoms with E-state index in [0.29, 0.717) is 31.3 Å². The molecular weight excluding hydrogens is 326 g/mol. The minimum absolute atomic E-state index is 0.0704. The first kappa shape index (κ1) is 17.9. The minimum Gasteiger partial charge on any atom is -0.425 e. The summed E-state index contributed by atoms with van der Waals surface area (Å²) >= 11 is 0. The van der Waals surface area contributed by atoms with Gasteiger partial charge in [-0.05, 0) is 18.1 Å². The molecule has 0 spiro atoms. The summed E-state index contributed by atoms with van der Waals surface area (Å²) in [4.78, 5) is 14.8. The molecule has 0 aliphatic heterocycles. The first-order valence-corrected chi connectivity index (χ1v) is 8.84. The van der Waals surface area contributed by atoms with E-state index in [1.165, 1.54) is 0 Å². The largest absolute Gasteiger partial charge is 0.425 e. The van der Waals surface area contributed by atoms with Crippen molar-refractivity contribution < 1.29 is 9.21 Å². The zero-order valence-electron chi connectivity index (χ0n) is 15.1. The first-order valence-electron chi connectivity index (χ1n) is 8.84. The summed E-state index contributed by atoms with van der Waals surface area (Å²) in [5, 5.41) is 8.09. The standard InChI is InChI=1S/C21H23N3O2/c1-3-24(15-17-10-6-4-7-11-17)20(25)14-19(18-12-8-5-9-13-18)21-23-22-16(2)26-21/h4-13,19H,3,14-15H2,1-2H3. The number of hydrogen-bond acceptors (Lipinski definition) is 4. The lowest BCUT2D eigenvalue weighted by Gasteiger charge is -2.23. The van der Waals surface area contributed by atoms with Gasteiger partial charge >= 0.3 is 0 Å². The van der Waals surface area contributed by atoms with Crippen molar-refractivity contribution in [2.45, 2.75) is 32.7 Å². The molecule has 1 atom stereocenters. The third-order valence-electron chi connectivity index (χ3n) is 4.37. The van der Waals surface area contributed by atoms with Gasteiger partial charge in [0.1, 0.15) is 0 Å². The average molecular weight is 349 g/mol. The van der Waals surface area contributed by atoms with Gasteiger partial charge in [-0.1, -0.05) is 60.7 Å². The molecule has 0 fully saturated rings. The lowest BCUT2D eigenvalue weighted by atomic mass is 9.95. The Morgan fingerprint density at radius 2 is 1.69 bits per heavy atom. The molecule has 134 valence electrons. The molecule has 5 nitrogen and oxygen atoms in total. The third-order valence-corrected chi connectivity index (χ3v) is 4.37. The SMILES string of the molecule is CCN(Cc1ccccc1)C(=O)CC(c1ccccc1)c1nnc(C)o1. The zero-order valence-corrected chi connectivity index (χ0v) is 15.1.